The third-order valence-electron chi connectivity index (χ3n) is 3.98. The van der Waals surface area contributed by atoms with Crippen molar-refractivity contribution < 1.29 is 4.79 Å². The van der Waals surface area contributed by atoms with Gasteiger partial charge in [-0.3, -0.25) is 9.78 Å². The molecule has 4 nitrogen and oxygen atoms in total. The number of amides is 1. The van der Waals surface area contributed by atoms with Crippen LogP contribution >= 0.6 is 0 Å². The third-order valence-corrected chi connectivity index (χ3v) is 3.98. The summed E-state index contributed by atoms with van der Waals surface area (Å²) < 4.78 is 0. The predicted octanol–water partition coefficient (Wildman–Crippen LogP) is 3.21. The largest absolute Gasteiger partial charge is 0.383 e. The summed E-state index contributed by atoms with van der Waals surface area (Å²) >= 11 is 0. The SMILES string of the molecule is CCCNc1cnccc1C(=O)NC1CCC(C)CC1. The molecule has 1 amide bonds. The van der Waals surface area contributed by atoms with Crippen LogP contribution in [-0.4, -0.2) is 23.5 Å². The fourth-order valence-electron chi connectivity index (χ4n) is 2.66. The van der Waals surface area contributed by atoms with Crippen LogP contribution in [-0.2, 0) is 0 Å². The lowest BCUT2D eigenvalue weighted by Gasteiger charge is -2.27. The van der Waals surface area contributed by atoms with E-state index in [1.165, 1.54) is 12.8 Å². The quantitative estimate of drug-likeness (QED) is 0.867. The molecule has 2 N–H and O–H groups in total. The minimum absolute atomic E-state index is 0.0190. The van der Waals surface area contributed by atoms with Gasteiger partial charge < -0.3 is 10.6 Å². The van der Waals surface area contributed by atoms with Crippen LogP contribution in [0.1, 0.15) is 56.3 Å². The Morgan fingerprint density at radius 1 is 1.35 bits per heavy atom. The van der Waals surface area contributed by atoms with Gasteiger partial charge in [0.1, 0.15) is 0 Å². The average molecular weight is 275 g/mol. The topological polar surface area (TPSA) is 54.0 Å². The van der Waals surface area contributed by atoms with Crippen molar-refractivity contribution >= 4 is 11.6 Å². The second kappa shape index (κ2) is 7.27. The number of carbonyl (C=O) groups excluding carboxylic acids is 1. The Morgan fingerprint density at radius 3 is 2.80 bits per heavy atom. The first-order valence-corrected chi connectivity index (χ1v) is 7.69. The van der Waals surface area contributed by atoms with E-state index >= 15 is 0 Å². The number of rotatable bonds is 5. The predicted molar refractivity (Wildman–Crippen MR) is 81.9 cm³/mol. The average Bonchev–Trinajstić information content (AvgIpc) is 2.47. The summed E-state index contributed by atoms with van der Waals surface area (Å²) in [6.45, 7) is 5.24. The van der Waals surface area contributed by atoms with E-state index in [1.807, 2.05) is 0 Å². The van der Waals surface area contributed by atoms with E-state index in [0.717, 1.165) is 37.4 Å². The molecule has 110 valence electrons. The number of nitrogens with one attached hydrogen (secondary N) is 2. The Morgan fingerprint density at radius 2 is 2.10 bits per heavy atom. The zero-order chi connectivity index (χ0) is 14.4. The number of carbonyl (C=O) groups is 1. The Balaban J connectivity index is 1.98. The highest BCUT2D eigenvalue weighted by atomic mass is 16.1. The Bertz CT molecular complexity index is 439. The highest BCUT2D eigenvalue weighted by Gasteiger charge is 2.21. The Kier molecular flexibility index (Phi) is 5.39. The molecule has 4 heteroatoms. The molecule has 0 unspecified atom stereocenters. The molecule has 1 aliphatic rings. The molecule has 0 aliphatic heterocycles. The molecule has 1 aromatic rings. The van der Waals surface area contributed by atoms with Crippen LogP contribution in [0, 0.1) is 5.92 Å². The molecular weight excluding hydrogens is 250 g/mol. The van der Waals surface area contributed by atoms with Gasteiger partial charge in [-0.25, -0.2) is 0 Å². The van der Waals surface area contributed by atoms with Crippen molar-refractivity contribution in [2.24, 2.45) is 5.92 Å². The second-order valence-electron chi connectivity index (χ2n) is 5.78. The van der Waals surface area contributed by atoms with E-state index in [1.54, 1.807) is 18.5 Å². The summed E-state index contributed by atoms with van der Waals surface area (Å²) in [5, 5.41) is 6.43. The van der Waals surface area contributed by atoms with Gasteiger partial charge in [0.25, 0.3) is 5.91 Å². The lowest BCUT2D eigenvalue weighted by atomic mass is 9.87. The summed E-state index contributed by atoms with van der Waals surface area (Å²) in [7, 11) is 0. The Labute approximate surface area is 121 Å². The molecule has 1 heterocycles. The molecule has 1 aliphatic carbocycles. The summed E-state index contributed by atoms with van der Waals surface area (Å²) in [6.07, 6.45) is 9.04. The smallest absolute Gasteiger partial charge is 0.253 e. The monoisotopic (exact) mass is 275 g/mol. The molecule has 1 saturated carbocycles. The fourth-order valence-corrected chi connectivity index (χ4v) is 2.66. The second-order valence-corrected chi connectivity index (χ2v) is 5.78. The van der Waals surface area contributed by atoms with Crippen molar-refractivity contribution in [1.29, 1.82) is 0 Å². The highest BCUT2D eigenvalue weighted by Crippen LogP contribution is 2.24. The molecule has 0 saturated heterocycles. The molecule has 1 aromatic heterocycles. The number of nitrogens with zero attached hydrogens (tertiary/aromatic N) is 1. The zero-order valence-electron chi connectivity index (χ0n) is 12.5. The van der Waals surface area contributed by atoms with E-state index in [2.05, 4.69) is 29.5 Å². The molecule has 20 heavy (non-hydrogen) atoms. The molecule has 0 atom stereocenters. The first kappa shape index (κ1) is 14.8. The van der Waals surface area contributed by atoms with Crippen LogP contribution in [0.5, 0.6) is 0 Å². The van der Waals surface area contributed by atoms with Crippen molar-refractivity contribution in [2.75, 3.05) is 11.9 Å². The summed E-state index contributed by atoms with van der Waals surface area (Å²) in [5.41, 5.74) is 1.53. The number of hydrogen-bond acceptors (Lipinski definition) is 3. The van der Waals surface area contributed by atoms with Gasteiger partial charge in [0.05, 0.1) is 17.4 Å². The molecular formula is C16H25N3O. The molecule has 2 rings (SSSR count). The van der Waals surface area contributed by atoms with Crippen LogP contribution in [0.3, 0.4) is 0 Å². The first-order valence-electron chi connectivity index (χ1n) is 7.69. The lowest BCUT2D eigenvalue weighted by molar-refractivity contribution is 0.0923. The van der Waals surface area contributed by atoms with Crippen molar-refractivity contribution in [2.45, 2.75) is 52.0 Å². The van der Waals surface area contributed by atoms with E-state index in [0.29, 0.717) is 11.6 Å². The van der Waals surface area contributed by atoms with E-state index in [9.17, 15) is 4.79 Å². The maximum Gasteiger partial charge on any atom is 0.253 e. The summed E-state index contributed by atoms with van der Waals surface area (Å²) in [5.74, 6) is 0.816. The van der Waals surface area contributed by atoms with Crippen LogP contribution in [0.15, 0.2) is 18.5 Å². The molecule has 0 aromatic carbocycles. The molecule has 0 bridgehead atoms. The van der Waals surface area contributed by atoms with Crippen molar-refractivity contribution in [1.82, 2.24) is 10.3 Å². The number of pyridine rings is 1. The van der Waals surface area contributed by atoms with Crippen LogP contribution < -0.4 is 10.6 Å². The minimum atomic E-state index is 0.0190. The third kappa shape index (κ3) is 3.95. The fraction of sp³-hybridized carbons (Fsp3) is 0.625. The molecule has 0 radical (unpaired) electrons. The van der Waals surface area contributed by atoms with E-state index in [4.69, 9.17) is 0 Å². The summed E-state index contributed by atoms with van der Waals surface area (Å²) in [6, 6.07) is 2.12. The zero-order valence-corrected chi connectivity index (χ0v) is 12.5. The Hall–Kier alpha value is -1.58. The maximum atomic E-state index is 12.4. The number of anilines is 1. The minimum Gasteiger partial charge on any atom is -0.383 e. The van der Waals surface area contributed by atoms with E-state index < -0.39 is 0 Å². The van der Waals surface area contributed by atoms with Gasteiger partial charge in [0, 0.05) is 18.8 Å². The van der Waals surface area contributed by atoms with Crippen LogP contribution in [0.2, 0.25) is 0 Å². The van der Waals surface area contributed by atoms with Gasteiger partial charge in [-0.15, -0.1) is 0 Å². The summed E-state index contributed by atoms with van der Waals surface area (Å²) in [4.78, 5) is 16.5. The van der Waals surface area contributed by atoms with Crippen molar-refractivity contribution in [3.8, 4) is 0 Å². The first-order chi connectivity index (χ1) is 9.70. The number of aromatic nitrogens is 1. The highest BCUT2D eigenvalue weighted by molar-refractivity contribution is 5.99. The van der Waals surface area contributed by atoms with Crippen LogP contribution in [0.4, 0.5) is 5.69 Å². The van der Waals surface area contributed by atoms with Crippen molar-refractivity contribution in [3.63, 3.8) is 0 Å². The van der Waals surface area contributed by atoms with Crippen LogP contribution in [0.25, 0.3) is 0 Å². The lowest BCUT2D eigenvalue weighted by Crippen LogP contribution is -2.37. The van der Waals surface area contributed by atoms with Gasteiger partial charge in [-0.05, 0) is 44.1 Å². The van der Waals surface area contributed by atoms with Gasteiger partial charge in [0.15, 0.2) is 0 Å². The van der Waals surface area contributed by atoms with Gasteiger partial charge in [0.2, 0.25) is 0 Å². The molecule has 0 spiro atoms. The number of hydrogen-bond donors (Lipinski definition) is 2. The standard InChI is InChI=1S/C16H25N3O/c1-3-9-18-15-11-17-10-8-14(15)16(20)19-13-6-4-12(2)5-7-13/h8,10-13,18H,3-7,9H2,1-2H3,(H,19,20). The van der Waals surface area contributed by atoms with Crippen molar-refractivity contribution in [3.05, 3.63) is 24.0 Å². The van der Waals surface area contributed by atoms with Gasteiger partial charge in [-0.1, -0.05) is 13.8 Å². The van der Waals surface area contributed by atoms with Gasteiger partial charge in [-0.2, -0.15) is 0 Å². The van der Waals surface area contributed by atoms with Gasteiger partial charge >= 0.3 is 0 Å². The maximum absolute atomic E-state index is 12.4. The normalized spacial score (nSPS) is 22.3. The molecule has 1 fully saturated rings. The van der Waals surface area contributed by atoms with E-state index in [-0.39, 0.29) is 5.91 Å².